The van der Waals surface area contributed by atoms with Crippen LogP contribution in [0.1, 0.15) is 66.2 Å². The van der Waals surface area contributed by atoms with E-state index in [1.165, 1.54) is 0 Å². The Kier molecular flexibility index (Phi) is 3.87. The summed E-state index contributed by atoms with van der Waals surface area (Å²) >= 11 is 0. The Morgan fingerprint density at radius 2 is 1.00 bits per heavy atom. The molecule has 0 aromatic rings. The largest absolute Gasteiger partial charge is 0.236 e. The summed E-state index contributed by atoms with van der Waals surface area (Å²) in [5.41, 5.74) is 0. The molecule has 2 spiro atoms. The molecule has 20 heavy (non-hydrogen) atoms. The molecule has 1 saturated heterocycles. The molecule has 0 bridgehead atoms. The molecule has 4 nitrogen and oxygen atoms in total. The van der Waals surface area contributed by atoms with Gasteiger partial charge in [-0.2, -0.15) is 19.6 Å². The molecule has 2 saturated carbocycles. The van der Waals surface area contributed by atoms with Gasteiger partial charge < -0.3 is 0 Å². The van der Waals surface area contributed by atoms with Crippen molar-refractivity contribution in [2.24, 2.45) is 23.7 Å². The highest BCUT2D eigenvalue weighted by molar-refractivity contribution is 4.87. The summed E-state index contributed by atoms with van der Waals surface area (Å²) in [6.07, 6.45) is 6.05. The molecule has 116 valence electrons. The average molecular weight is 284 g/mol. The Morgan fingerprint density at radius 1 is 0.650 bits per heavy atom. The lowest BCUT2D eigenvalue weighted by Crippen LogP contribution is -2.58. The van der Waals surface area contributed by atoms with E-state index in [0.29, 0.717) is 23.7 Å². The SMILES string of the molecule is C[C@@H]1CCC2(OOC3(CC[C@H](C)C[C@H]3C)OO2)[C@@H](C)C1. The maximum absolute atomic E-state index is 5.82. The van der Waals surface area contributed by atoms with Crippen LogP contribution in [0.4, 0.5) is 0 Å². The highest BCUT2D eigenvalue weighted by Crippen LogP contribution is 2.49. The van der Waals surface area contributed by atoms with Gasteiger partial charge in [0.15, 0.2) is 0 Å². The summed E-state index contributed by atoms with van der Waals surface area (Å²) in [7, 11) is 0. The van der Waals surface area contributed by atoms with Crippen LogP contribution in [-0.4, -0.2) is 11.6 Å². The van der Waals surface area contributed by atoms with Crippen LogP contribution in [-0.2, 0) is 19.6 Å². The third kappa shape index (κ3) is 2.41. The molecule has 1 heterocycles. The molecule has 0 aromatic heterocycles. The van der Waals surface area contributed by atoms with Crippen LogP contribution in [0.2, 0.25) is 0 Å². The van der Waals surface area contributed by atoms with Crippen molar-refractivity contribution in [2.75, 3.05) is 0 Å². The Balaban J connectivity index is 1.67. The molecule has 3 fully saturated rings. The van der Waals surface area contributed by atoms with E-state index in [-0.39, 0.29) is 0 Å². The summed E-state index contributed by atoms with van der Waals surface area (Å²) in [5.74, 6) is 0.630. The Labute approximate surface area is 122 Å². The molecule has 2 aliphatic carbocycles. The van der Waals surface area contributed by atoms with E-state index in [4.69, 9.17) is 19.6 Å². The first-order valence-electron chi connectivity index (χ1n) is 8.19. The fraction of sp³-hybridized carbons (Fsp3) is 1.00. The van der Waals surface area contributed by atoms with Crippen molar-refractivity contribution in [3.8, 4) is 0 Å². The van der Waals surface area contributed by atoms with Gasteiger partial charge in [0.05, 0.1) is 0 Å². The molecule has 0 radical (unpaired) electrons. The van der Waals surface area contributed by atoms with Gasteiger partial charge in [-0.25, -0.2) is 0 Å². The number of hydrogen-bond acceptors (Lipinski definition) is 4. The van der Waals surface area contributed by atoms with Crippen molar-refractivity contribution in [3.63, 3.8) is 0 Å². The third-order valence-electron chi connectivity index (χ3n) is 5.63. The topological polar surface area (TPSA) is 36.9 Å². The summed E-state index contributed by atoms with van der Waals surface area (Å²) in [6.45, 7) is 8.87. The predicted octanol–water partition coefficient (Wildman–Crippen LogP) is 4.20. The lowest BCUT2D eigenvalue weighted by atomic mass is 9.78. The first-order chi connectivity index (χ1) is 9.46. The highest BCUT2D eigenvalue weighted by Gasteiger charge is 2.56. The minimum absolute atomic E-state index is 0.293. The monoisotopic (exact) mass is 284 g/mol. The summed E-state index contributed by atoms with van der Waals surface area (Å²) in [6, 6.07) is 0. The molecule has 1 aliphatic heterocycles. The van der Waals surface area contributed by atoms with Gasteiger partial charge in [0.25, 0.3) is 0 Å². The molecule has 0 unspecified atom stereocenters. The second-order valence-electron chi connectivity index (χ2n) is 7.52. The van der Waals surface area contributed by atoms with Crippen LogP contribution in [0.25, 0.3) is 0 Å². The fourth-order valence-corrected chi connectivity index (χ4v) is 3.99. The normalized spacial score (nSPS) is 53.4. The second kappa shape index (κ2) is 5.24. The number of rotatable bonds is 0. The van der Waals surface area contributed by atoms with Crippen molar-refractivity contribution in [1.29, 1.82) is 0 Å². The Morgan fingerprint density at radius 3 is 1.30 bits per heavy atom. The molecule has 4 heteroatoms. The van der Waals surface area contributed by atoms with E-state index in [1.807, 2.05) is 0 Å². The van der Waals surface area contributed by atoms with Crippen LogP contribution in [0.15, 0.2) is 0 Å². The molecule has 3 aliphatic rings. The van der Waals surface area contributed by atoms with Gasteiger partial charge in [0.1, 0.15) is 0 Å². The zero-order chi connectivity index (χ0) is 14.4. The predicted molar refractivity (Wildman–Crippen MR) is 74.2 cm³/mol. The van der Waals surface area contributed by atoms with E-state index in [1.54, 1.807) is 0 Å². The van der Waals surface area contributed by atoms with E-state index < -0.39 is 11.6 Å². The lowest BCUT2D eigenvalue weighted by molar-refractivity contribution is -0.675. The molecule has 3 rings (SSSR count). The molecule has 0 N–H and O–H groups in total. The third-order valence-corrected chi connectivity index (χ3v) is 5.63. The van der Waals surface area contributed by atoms with Crippen LogP contribution in [0, 0.1) is 23.7 Å². The van der Waals surface area contributed by atoms with E-state index in [9.17, 15) is 0 Å². The van der Waals surface area contributed by atoms with Crippen molar-refractivity contribution >= 4 is 0 Å². The Hall–Kier alpha value is -0.160. The maximum atomic E-state index is 5.82. The van der Waals surface area contributed by atoms with Gasteiger partial charge in [-0.05, 0) is 37.5 Å². The minimum Gasteiger partial charge on any atom is -0.195 e. The zero-order valence-corrected chi connectivity index (χ0v) is 13.2. The molecule has 0 aromatic carbocycles. The average Bonchev–Trinajstić information content (AvgIpc) is 2.42. The van der Waals surface area contributed by atoms with Crippen LogP contribution < -0.4 is 0 Å². The minimum atomic E-state index is -0.694. The molecular formula is C16H28O4. The van der Waals surface area contributed by atoms with Gasteiger partial charge >= 0.3 is 0 Å². The second-order valence-corrected chi connectivity index (χ2v) is 7.52. The van der Waals surface area contributed by atoms with Gasteiger partial charge in [0, 0.05) is 24.7 Å². The van der Waals surface area contributed by atoms with Gasteiger partial charge in [-0.1, -0.05) is 27.7 Å². The van der Waals surface area contributed by atoms with E-state index >= 15 is 0 Å². The summed E-state index contributed by atoms with van der Waals surface area (Å²) in [4.78, 5) is 23.3. The smallest absolute Gasteiger partial charge is 0.195 e. The first-order valence-corrected chi connectivity index (χ1v) is 8.19. The quantitative estimate of drug-likeness (QED) is 0.625. The van der Waals surface area contributed by atoms with Crippen LogP contribution >= 0.6 is 0 Å². The Bertz CT molecular complexity index is 314. The summed E-state index contributed by atoms with van der Waals surface area (Å²) < 4.78 is 0. The van der Waals surface area contributed by atoms with Crippen LogP contribution in [0.5, 0.6) is 0 Å². The standard InChI is InChI=1S/C16H28O4/c1-11-5-7-15(13(3)9-11)17-19-16(20-18-15)8-6-12(2)10-14(16)4/h11-14H,5-10H2,1-4H3/t11-,12+,13+,14-,15?,16?. The molecule has 4 atom stereocenters. The lowest BCUT2D eigenvalue weighted by Gasteiger charge is -2.51. The van der Waals surface area contributed by atoms with Crippen molar-refractivity contribution in [2.45, 2.75) is 77.8 Å². The van der Waals surface area contributed by atoms with Crippen molar-refractivity contribution in [1.82, 2.24) is 0 Å². The van der Waals surface area contributed by atoms with Gasteiger partial charge in [-0.3, -0.25) is 0 Å². The van der Waals surface area contributed by atoms with Gasteiger partial charge in [-0.15, -0.1) is 0 Å². The van der Waals surface area contributed by atoms with E-state index in [0.717, 1.165) is 38.5 Å². The van der Waals surface area contributed by atoms with Crippen molar-refractivity contribution in [3.05, 3.63) is 0 Å². The van der Waals surface area contributed by atoms with Crippen molar-refractivity contribution < 1.29 is 19.6 Å². The number of hydrogen-bond donors (Lipinski definition) is 0. The zero-order valence-electron chi connectivity index (χ0n) is 13.2. The molecular weight excluding hydrogens is 256 g/mol. The first kappa shape index (κ1) is 14.8. The van der Waals surface area contributed by atoms with Crippen LogP contribution in [0.3, 0.4) is 0 Å². The maximum Gasteiger partial charge on any atom is 0.236 e. The van der Waals surface area contributed by atoms with E-state index in [2.05, 4.69) is 27.7 Å². The fourth-order valence-electron chi connectivity index (χ4n) is 3.99. The highest BCUT2D eigenvalue weighted by atomic mass is 17.4. The molecule has 0 amide bonds. The summed E-state index contributed by atoms with van der Waals surface area (Å²) in [5, 5.41) is 0. The van der Waals surface area contributed by atoms with Gasteiger partial charge in [0.2, 0.25) is 11.6 Å².